The van der Waals surface area contributed by atoms with E-state index in [0.717, 1.165) is 5.39 Å². The van der Waals surface area contributed by atoms with E-state index >= 15 is 0 Å². The first-order valence-electron chi connectivity index (χ1n) is 8.88. The van der Waals surface area contributed by atoms with Crippen LogP contribution in [0.25, 0.3) is 11.0 Å². The Kier molecular flexibility index (Phi) is 5.38. The summed E-state index contributed by atoms with van der Waals surface area (Å²) >= 11 is 0. The summed E-state index contributed by atoms with van der Waals surface area (Å²) in [5, 5.41) is 0.721. The van der Waals surface area contributed by atoms with Crippen molar-refractivity contribution in [2.45, 2.75) is 32.4 Å². The van der Waals surface area contributed by atoms with Crippen LogP contribution in [0.4, 0.5) is 0 Å². The second-order valence-corrected chi connectivity index (χ2v) is 9.20. The van der Waals surface area contributed by atoms with E-state index in [2.05, 4.69) is 0 Å². The lowest BCUT2D eigenvalue weighted by Crippen LogP contribution is -2.44. The molecule has 2 atom stereocenters. The number of carbonyl (C=O) groups excluding carboxylic acids is 2. The van der Waals surface area contributed by atoms with Crippen molar-refractivity contribution in [1.29, 1.82) is 0 Å². The standard InChI is InChI=1S/C19H23NO7S/c1-11-15-9-14(25-4)5-6-16(15)27-17(11)19(22)26-12(2)18(21)20(3)13-7-8-28(23,24)10-13/h5-6,9,12-13H,7-8,10H2,1-4H3/t12-,13+/m1/s1. The number of fused-ring (bicyclic) bond motifs is 1. The van der Waals surface area contributed by atoms with E-state index in [1.54, 1.807) is 32.2 Å². The Bertz CT molecular complexity index is 1020. The Balaban J connectivity index is 1.72. The fourth-order valence-corrected chi connectivity index (χ4v) is 5.11. The highest BCUT2D eigenvalue weighted by molar-refractivity contribution is 7.91. The Morgan fingerprint density at radius 2 is 2.04 bits per heavy atom. The van der Waals surface area contributed by atoms with Crippen LogP contribution in [0.3, 0.4) is 0 Å². The van der Waals surface area contributed by atoms with Crippen molar-refractivity contribution in [2.24, 2.45) is 0 Å². The van der Waals surface area contributed by atoms with Crippen molar-refractivity contribution in [3.05, 3.63) is 29.5 Å². The van der Waals surface area contributed by atoms with Gasteiger partial charge in [-0.25, -0.2) is 13.2 Å². The highest BCUT2D eigenvalue weighted by atomic mass is 32.2. The van der Waals surface area contributed by atoms with Gasteiger partial charge in [0.1, 0.15) is 11.3 Å². The number of nitrogens with zero attached hydrogens (tertiary/aromatic N) is 1. The average molecular weight is 409 g/mol. The Morgan fingerprint density at radius 1 is 1.32 bits per heavy atom. The van der Waals surface area contributed by atoms with Crippen LogP contribution in [0, 0.1) is 6.92 Å². The van der Waals surface area contributed by atoms with Gasteiger partial charge in [0.05, 0.1) is 18.6 Å². The molecule has 1 saturated heterocycles. The van der Waals surface area contributed by atoms with Crippen LogP contribution in [0.1, 0.15) is 29.5 Å². The van der Waals surface area contributed by atoms with Crippen molar-refractivity contribution in [2.75, 3.05) is 25.7 Å². The molecule has 0 bridgehead atoms. The lowest BCUT2D eigenvalue weighted by molar-refractivity contribution is -0.140. The molecule has 1 aliphatic heterocycles. The van der Waals surface area contributed by atoms with Crippen LogP contribution < -0.4 is 4.74 Å². The number of esters is 1. The lowest BCUT2D eigenvalue weighted by atomic mass is 10.1. The number of aryl methyl sites for hydroxylation is 1. The minimum Gasteiger partial charge on any atom is -0.497 e. The number of hydrogen-bond acceptors (Lipinski definition) is 7. The summed E-state index contributed by atoms with van der Waals surface area (Å²) in [6.45, 7) is 3.19. The van der Waals surface area contributed by atoms with Gasteiger partial charge >= 0.3 is 5.97 Å². The molecule has 2 aromatic rings. The number of rotatable bonds is 5. The number of hydrogen-bond donors (Lipinski definition) is 0. The molecule has 1 aromatic heterocycles. The molecule has 0 radical (unpaired) electrons. The van der Waals surface area contributed by atoms with Gasteiger partial charge in [0.2, 0.25) is 5.76 Å². The van der Waals surface area contributed by atoms with Crippen LogP contribution in [0.2, 0.25) is 0 Å². The molecule has 0 aliphatic carbocycles. The summed E-state index contributed by atoms with van der Waals surface area (Å²) in [5.74, 6) is -0.556. The lowest BCUT2D eigenvalue weighted by Gasteiger charge is -2.26. The van der Waals surface area contributed by atoms with Gasteiger partial charge in [-0.2, -0.15) is 0 Å². The number of furan rings is 1. The smallest absolute Gasteiger partial charge is 0.375 e. The van der Waals surface area contributed by atoms with Gasteiger partial charge in [0, 0.05) is 24.0 Å². The predicted octanol–water partition coefficient (Wildman–Crippen LogP) is 1.94. The molecule has 0 unspecified atom stereocenters. The Morgan fingerprint density at radius 3 is 2.64 bits per heavy atom. The molecule has 1 aromatic carbocycles. The van der Waals surface area contributed by atoms with Crippen LogP contribution in [-0.4, -0.2) is 63.0 Å². The van der Waals surface area contributed by atoms with E-state index in [-0.39, 0.29) is 17.3 Å². The van der Waals surface area contributed by atoms with Crippen LogP contribution in [0.5, 0.6) is 5.75 Å². The zero-order chi connectivity index (χ0) is 20.6. The fourth-order valence-electron chi connectivity index (χ4n) is 3.33. The number of benzene rings is 1. The predicted molar refractivity (Wildman–Crippen MR) is 102 cm³/mol. The molecule has 8 nitrogen and oxygen atoms in total. The minimum absolute atomic E-state index is 0.0222. The highest BCUT2D eigenvalue weighted by Gasteiger charge is 2.35. The molecular formula is C19H23NO7S. The first-order valence-corrected chi connectivity index (χ1v) is 10.7. The van der Waals surface area contributed by atoms with Crippen molar-refractivity contribution < 1.29 is 31.9 Å². The molecule has 152 valence electrons. The largest absolute Gasteiger partial charge is 0.497 e. The summed E-state index contributed by atoms with van der Waals surface area (Å²) in [4.78, 5) is 26.4. The van der Waals surface area contributed by atoms with Gasteiger partial charge in [-0.15, -0.1) is 0 Å². The van der Waals surface area contributed by atoms with Gasteiger partial charge in [-0.05, 0) is 38.5 Å². The third-order valence-electron chi connectivity index (χ3n) is 5.06. The van der Waals surface area contributed by atoms with E-state index in [1.165, 1.54) is 18.9 Å². The molecule has 0 spiro atoms. The van der Waals surface area contributed by atoms with Crippen molar-refractivity contribution in [3.8, 4) is 5.75 Å². The monoisotopic (exact) mass is 409 g/mol. The van der Waals surface area contributed by atoms with E-state index in [4.69, 9.17) is 13.9 Å². The molecule has 2 heterocycles. The summed E-state index contributed by atoms with van der Waals surface area (Å²) in [6.07, 6.45) is -0.682. The normalized spacial score (nSPS) is 19.4. The third-order valence-corrected chi connectivity index (χ3v) is 6.81. The van der Waals surface area contributed by atoms with Crippen LogP contribution in [0.15, 0.2) is 22.6 Å². The number of amides is 1. The summed E-state index contributed by atoms with van der Waals surface area (Å²) in [5.41, 5.74) is 1.10. The van der Waals surface area contributed by atoms with Gasteiger partial charge in [-0.1, -0.05) is 0 Å². The van der Waals surface area contributed by atoms with Gasteiger partial charge in [-0.3, -0.25) is 4.79 Å². The minimum atomic E-state index is -3.12. The number of ether oxygens (including phenoxy) is 2. The van der Waals surface area contributed by atoms with E-state index in [9.17, 15) is 18.0 Å². The van der Waals surface area contributed by atoms with Crippen molar-refractivity contribution in [1.82, 2.24) is 4.90 Å². The topological polar surface area (TPSA) is 103 Å². The number of likely N-dealkylation sites (N-methyl/N-ethyl adjacent to an activating group) is 1. The molecule has 9 heteroatoms. The molecule has 0 saturated carbocycles. The van der Waals surface area contributed by atoms with Gasteiger partial charge < -0.3 is 18.8 Å². The fraction of sp³-hybridized carbons (Fsp3) is 0.474. The van der Waals surface area contributed by atoms with Crippen molar-refractivity contribution >= 4 is 32.7 Å². The maximum absolute atomic E-state index is 12.6. The average Bonchev–Trinajstić information content (AvgIpc) is 3.19. The molecule has 0 N–H and O–H groups in total. The number of carbonyl (C=O) groups is 2. The molecule has 1 amide bonds. The summed E-state index contributed by atoms with van der Waals surface area (Å²) in [6, 6.07) is 4.77. The SMILES string of the molecule is COc1ccc2oc(C(=O)O[C@H](C)C(=O)N(C)[C@H]3CCS(=O)(=O)C3)c(C)c2c1. The highest BCUT2D eigenvalue weighted by Crippen LogP contribution is 2.29. The number of sulfone groups is 1. The van der Waals surface area contributed by atoms with E-state index in [1.807, 2.05) is 0 Å². The summed E-state index contributed by atoms with van der Waals surface area (Å²) < 4.78 is 39.3. The number of methoxy groups -OCH3 is 1. The van der Waals surface area contributed by atoms with Crippen LogP contribution >= 0.6 is 0 Å². The van der Waals surface area contributed by atoms with Crippen molar-refractivity contribution in [3.63, 3.8) is 0 Å². The molecule has 1 fully saturated rings. The first-order chi connectivity index (χ1) is 13.1. The molecule has 3 rings (SSSR count). The first kappa shape index (κ1) is 20.2. The zero-order valence-electron chi connectivity index (χ0n) is 16.2. The van der Waals surface area contributed by atoms with E-state index < -0.39 is 33.9 Å². The molecular weight excluding hydrogens is 386 g/mol. The second kappa shape index (κ2) is 7.46. The molecule has 1 aliphatic rings. The van der Waals surface area contributed by atoms with E-state index in [0.29, 0.717) is 23.3 Å². The third kappa shape index (κ3) is 3.84. The summed E-state index contributed by atoms with van der Waals surface area (Å²) in [7, 11) is -0.0474. The second-order valence-electron chi connectivity index (χ2n) is 6.97. The Labute approximate surface area is 163 Å². The quantitative estimate of drug-likeness (QED) is 0.695. The maximum atomic E-state index is 12.6. The van der Waals surface area contributed by atoms with Crippen LogP contribution in [-0.2, 0) is 19.4 Å². The zero-order valence-corrected chi connectivity index (χ0v) is 17.0. The van der Waals surface area contributed by atoms with Gasteiger partial charge in [0.25, 0.3) is 5.91 Å². The maximum Gasteiger partial charge on any atom is 0.375 e. The molecule has 28 heavy (non-hydrogen) atoms. The van der Waals surface area contributed by atoms with Gasteiger partial charge in [0.15, 0.2) is 15.9 Å². The Hall–Kier alpha value is -2.55.